The van der Waals surface area contributed by atoms with Crippen LogP contribution < -0.4 is 0 Å². The number of ether oxygens (including phenoxy) is 1. The number of aliphatic carboxylic acids is 1. The van der Waals surface area contributed by atoms with Gasteiger partial charge in [-0.15, -0.1) is 0 Å². The molecule has 0 aromatic rings. The number of rotatable bonds is 4. The predicted molar refractivity (Wildman–Crippen MR) is 115 cm³/mol. The summed E-state index contributed by atoms with van der Waals surface area (Å²) in [5.74, 6) is 3.89. The molecule has 4 heteroatoms. The highest BCUT2D eigenvalue weighted by molar-refractivity contribution is 5.87. The maximum atomic E-state index is 11.4. The molecule has 8 fully saturated rings. The molecule has 0 spiro atoms. The molecule has 164 valence electrons. The van der Waals surface area contributed by atoms with Crippen LogP contribution in [-0.4, -0.2) is 22.6 Å². The fourth-order valence-corrected chi connectivity index (χ4v) is 9.12. The van der Waals surface area contributed by atoms with Crippen LogP contribution in [0.4, 0.5) is 0 Å². The van der Waals surface area contributed by atoms with Crippen molar-refractivity contribution < 1.29 is 19.4 Å². The van der Waals surface area contributed by atoms with Gasteiger partial charge in [0.05, 0.1) is 0 Å². The van der Waals surface area contributed by atoms with Crippen LogP contribution in [0.3, 0.4) is 0 Å². The number of carbonyl (C=O) groups excluding carboxylic acids is 1. The van der Waals surface area contributed by atoms with Crippen LogP contribution in [0.5, 0.6) is 0 Å². The van der Waals surface area contributed by atoms with Crippen molar-refractivity contribution in [1.29, 1.82) is 0 Å². The monoisotopic (exact) mass is 412 g/mol. The van der Waals surface area contributed by atoms with Crippen molar-refractivity contribution >= 4 is 11.9 Å². The van der Waals surface area contributed by atoms with Crippen molar-refractivity contribution in [2.75, 3.05) is 0 Å². The molecule has 30 heavy (non-hydrogen) atoms. The van der Waals surface area contributed by atoms with Gasteiger partial charge in [-0.3, -0.25) is 0 Å². The summed E-state index contributed by atoms with van der Waals surface area (Å²) in [4.78, 5) is 22.5. The van der Waals surface area contributed by atoms with E-state index < -0.39 is 5.97 Å². The van der Waals surface area contributed by atoms with Crippen molar-refractivity contribution in [2.24, 2.45) is 40.9 Å². The molecule has 0 amide bonds. The molecule has 0 aliphatic heterocycles. The van der Waals surface area contributed by atoms with E-state index in [1.165, 1.54) is 44.6 Å². The summed E-state index contributed by atoms with van der Waals surface area (Å²) in [6, 6.07) is 0. The summed E-state index contributed by atoms with van der Waals surface area (Å²) in [5.41, 5.74) is 0.391. The maximum absolute atomic E-state index is 11.4. The van der Waals surface area contributed by atoms with E-state index in [0.29, 0.717) is 5.57 Å². The van der Waals surface area contributed by atoms with Crippen LogP contribution in [0, 0.1) is 40.9 Å². The van der Waals surface area contributed by atoms with Crippen LogP contribution >= 0.6 is 0 Å². The third kappa shape index (κ3) is 3.54. The number of carbonyl (C=O) groups is 2. The predicted octanol–water partition coefficient (Wildman–Crippen LogP) is 5.53. The lowest BCUT2D eigenvalue weighted by Gasteiger charge is -2.56. The van der Waals surface area contributed by atoms with Crippen molar-refractivity contribution in [3.8, 4) is 0 Å². The number of carboxylic acid groups (broad SMARTS) is 1. The molecule has 8 bridgehead atoms. The van der Waals surface area contributed by atoms with Gasteiger partial charge in [-0.05, 0) is 113 Å². The molecule has 1 N–H and O–H groups in total. The van der Waals surface area contributed by atoms with E-state index in [2.05, 4.69) is 13.2 Å². The third-order valence-electron chi connectivity index (χ3n) is 9.40. The van der Waals surface area contributed by atoms with Gasteiger partial charge in [0, 0.05) is 17.1 Å². The smallest absolute Gasteiger partial charge is 0.331 e. The van der Waals surface area contributed by atoms with Crippen molar-refractivity contribution in [2.45, 2.75) is 82.7 Å². The van der Waals surface area contributed by atoms with Gasteiger partial charge in [0.1, 0.15) is 5.60 Å². The molecule has 8 saturated carbocycles. The normalized spacial score (nSPS) is 46.7. The van der Waals surface area contributed by atoms with E-state index in [4.69, 9.17) is 9.84 Å². The van der Waals surface area contributed by atoms with Gasteiger partial charge in [-0.2, -0.15) is 0 Å². The first-order chi connectivity index (χ1) is 14.3. The Morgan fingerprint density at radius 1 is 0.767 bits per heavy atom. The fourth-order valence-electron chi connectivity index (χ4n) is 9.12. The second kappa shape index (κ2) is 7.24. The van der Waals surface area contributed by atoms with Crippen LogP contribution in [0.1, 0.15) is 77.0 Å². The Kier molecular flexibility index (Phi) is 4.91. The van der Waals surface area contributed by atoms with Crippen LogP contribution in [0.15, 0.2) is 24.8 Å². The summed E-state index contributed by atoms with van der Waals surface area (Å²) < 4.78 is 5.64. The first-order valence-corrected chi connectivity index (χ1v) is 12.1. The lowest BCUT2D eigenvalue weighted by molar-refractivity contribution is -0.181. The van der Waals surface area contributed by atoms with Gasteiger partial charge in [-0.25, -0.2) is 9.59 Å². The molecule has 0 unspecified atom stereocenters. The number of carboxylic acids is 1. The Morgan fingerprint density at radius 3 is 1.47 bits per heavy atom. The molecule has 8 aliphatic carbocycles. The largest absolute Gasteiger partial charge is 0.478 e. The summed E-state index contributed by atoms with van der Waals surface area (Å²) in [6.45, 7) is 7.33. The Hall–Kier alpha value is -1.58. The average molecular weight is 413 g/mol. The van der Waals surface area contributed by atoms with E-state index in [1.54, 1.807) is 0 Å². The van der Waals surface area contributed by atoms with E-state index >= 15 is 0 Å². The standard InChI is InChI=1S/2C13H18O2/c1-8(12(14)15)13-5-9-2-10(6-13)4-11(3-9)7-13;1-2-12(14)15-13-6-9-3-10(7-13)5-11(4-9)8-13/h9-11H,1-7H2,(H,14,15);2,9-11H,1,3-8H2. The van der Waals surface area contributed by atoms with Crippen LogP contribution in [-0.2, 0) is 14.3 Å². The zero-order chi connectivity index (χ0) is 21.1. The first-order valence-electron chi connectivity index (χ1n) is 12.1. The van der Waals surface area contributed by atoms with Crippen LogP contribution in [0.25, 0.3) is 0 Å². The molecule has 0 aromatic carbocycles. The average Bonchev–Trinajstić information content (AvgIpc) is 2.65. The second-order valence-corrected chi connectivity index (χ2v) is 11.7. The quantitative estimate of drug-likeness (QED) is 0.487. The fraction of sp³-hybridized carbons (Fsp3) is 0.769. The summed E-state index contributed by atoms with van der Waals surface area (Å²) in [6.07, 6.45) is 16.1. The molecule has 0 heterocycles. The van der Waals surface area contributed by atoms with Gasteiger partial charge in [-0.1, -0.05) is 13.2 Å². The van der Waals surface area contributed by atoms with Gasteiger partial charge in [0.2, 0.25) is 0 Å². The summed E-state index contributed by atoms with van der Waals surface area (Å²) >= 11 is 0. The first kappa shape index (κ1) is 20.3. The minimum absolute atomic E-state index is 0.0133. The molecular weight excluding hydrogens is 376 g/mol. The lowest BCUT2D eigenvalue weighted by Crippen LogP contribution is -2.52. The molecular formula is C26H36O4. The third-order valence-corrected chi connectivity index (χ3v) is 9.40. The lowest BCUT2D eigenvalue weighted by atomic mass is 9.48. The van der Waals surface area contributed by atoms with Gasteiger partial charge >= 0.3 is 11.9 Å². The summed E-state index contributed by atoms with van der Waals surface area (Å²) in [5, 5.41) is 9.14. The number of hydrogen-bond donors (Lipinski definition) is 1. The van der Waals surface area contributed by atoms with E-state index in [-0.39, 0.29) is 17.0 Å². The van der Waals surface area contributed by atoms with Gasteiger partial charge < -0.3 is 9.84 Å². The van der Waals surface area contributed by atoms with Crippen molar-refractivity contribution in [1.82, 2.24) is 0 Å². The Balaban J connectivity index is 0.000000128. The number of esters is 1. The minimum Gasteiger partial charge on any atom is -0.478 e. The zero-order valence-corrected chi connectivity index (χ0v) is 18.1. The van der Waals surface area contributed by atoms with Crippen molar-refractivity contribution in [3.63, 3.8) is 0 Å². The molecule has 8 aliphatic rings. The second-order valence-electron chi connectivity index (χ2n) is 11.7. The summed E-state index contributed by atoms with van der Waals surface area (Å²) in [7, 11) is 0. The van der Waals surface area contributed by atoms with Gasteiger partial charge in [0.15, 0.2) is 0 Å². The number of hydrogen-bond acceptors (Lipinski definition) is 3. The topological polar surface area (TPSA) is 63.6 Å². The minimum atomic E-state index is -0.767. The Labute approximate surface area is 180 Å². The molecule has 0 atom stereocenters. The molecule has 8 rings (SSSR count). The molecule has 0 radical (unpaired) electrons. The highest BCUT2D eigenvalue weighted by Crippen LogP contribution is 2.62. The van der Waals surface area contributed by atoms with E-state index in [0.717, 1.165) is 74.0 Å². The molecule has 0 aromatic heterocycles. The molecule has 4 nitrogen and oxygen atoms in total. The maximum Gasteiger partial charge on any atom is 0.331 e. The highest BCUT2D eigenvalue weighted by atomic mass is 16.6. The zero-order valence-electron chi connectivity index (χ0n) is 18.1. The SMILES string of the molecule is C=C(C(=O)O)C12CC3CC(CC(C3)C1)C2.C=CC(=O)OC12CC3CC(CC(C3)C1)C2. The Bertz CT molecular complexity index is 690. The Morgan fingerprint density at radius 2 is 1.13 bits per heavy atom. The van der Waals surface area contributed by atoms with Crippen molar-refractivity contribution in [3.05, 3.63) is 24.8 Å². The van der Waals surface area contributed by atoms with E-state index in [1.807, 2.05) is 0 Å². The molecule has 0 saturated heterocycles. The van der Waals surface area contributed by atoms with E-state index in [9.17, 15) is 9.59 Å². The highest BCUT2D eigenvalue weighted by Gasteiger charge is 2.54. The van der Waals surface area contributed by atoms with Crippen LogP contribution in [0.2, 0.25) is 0 Å². The van der Waals surface area contributed by atoms with Gasteiger partial charge in [0.25, 0.3) is 0 Å².